The molecule has 0 fully saturated rings. The zero-order valence-electron chi connectivity index (χ0n) is 13.0. The van der Waals surface area contributed by atoms with Crippen molar-refractivity contribution < 1.29 is 29.9 Å². The Balaban J connectivity index is 2.15. The van der Waals surface area contributed by atoms with Gasteiger partial charge in [0.15, 0.2) is 11.5 Å². The van der Waals surface area contributed by atoms with Gasteiger partial charge < -0.3 is 29.9 Å². The Labute approximate surface area is 134 Å². The van der Waals surface area contributed by atoms with Crippen molar-refractivity contribution in [2.24, 2.45) is 0 Å². The summed E-state index contributed by atoms with van der Waals surface area (Å²) >= 11 is 0. The predicted octanol–water partition coefficient (Wildman–Crippen LogP) is 1.97. The summed E-state index contributed by atoms with van der Waals surface area (Å²) in [5, 5.41) is 39.2. The molecular weight excluding hydrogens is 300 g/mol. The van der Waals surface area contributed by atoms with Crippen molar-refractivity contribution in [2.75, 3.05) is 14.2 Å². The van der Waals surface area contributed by atoms with Crippen molar-refractivity contribution in [3.8, 4) is 28.7 Å². The Morgan fingerprint density at radius 3 is 2.22 bits per heavy atom. The van der Waals surface area contributed by atoms with Gasteiger partial charge in [0, 0.05) is 24.1 Å². The predicted molar refractivity (Wildman–Crippen MR) is 84.4 cm³/mol. The topological polar surface area (TPSA) is 99.4 Å². The number of phenols is 3. The molecule has 2 rings (SSSR count). The highest BCUT2D eigenvalue weighted by Crippen LogP contribution is 2.34. The Hall–Kier alpha value is -2.60. The molecular formula is C17H20O6. The highest BCUT2D eigenvalue weighted by atomic mass is 16.5. The molecule has 0 aromatic heterocycles. The fraction of sp³-hybridized carbons (Fsp3) is 0.294. The molecule has 0 aliphatic rings. The van der Waals surface area contributed by atoms with E-state index in [-0.39, 0.29) is 23.7 Å². The second-order valence-corrected chi connectivity index (χ2v) is 5.21. The smallest absolute Gasteiger partial charge is 0.160 e. The maximum absolute atomic E-state index is 10.3. The Morgan fingerprint density at radius 1 is 0.870 bits per heavy atom. The van der Waals surface area contributed by atoms with Crippen LogP contribution >= 0.6 is 0 Å². The van der Waals surface area contributed by atoms with Crippen molar-refractivity contribution in [3.63, 3.8) is 0 Å². The second-order valence-electron chi connectivity index (χ2n) is 5.21. The summed E-state index contributed by atoms with van der Waals surface area (Å²) < 4.78 is 10.2. The van der Waals surface area contributed by atoms with E-state index in [1.165, 1.54) is 32.4 Å². The summed E-state index contributed by atoms with van der Waals surface area (Å²) in [6, 6.07) is 7.42. The van der Waals surface area contributed by atoms with Gasteiger partial charge in [-0.2, -0.15) is 0 Å². The van der Waals surface area contributed by atoms with Crippen LogP contribution in [0.25, 0.3) is 0 Å². The maximum atomic E-state index is 10.3. The van der Waals surface area contributed by atoms with Gasteiger partial charge in [-0.3, -0.25) is 0 Å². The Bertz CT molecular complexity index is 683. The van der Waals surface area contributed by atoms with E-state index in [9.17, 15) is 20.4 Å². The molecule has 0 bridgehead atoms. The third-order valence-corrected chi connectivity index (χ3v) is 3.55. The van der Waals surface area contributed by atoms with Gasteiger partial charge in [-0.05, 0) is 24.1 Å². The molecule has 0 saturated carbocycles. The molecule has 0 saturated heterocycles. The van der Waals surface area contributed by atoms with E-state index < -0.39 is 6.10 Å². The first kappa shape index (κ1) is 16.8. The molecule has 0 spiro atoms. The lowest BCUT2D eigenvalue weighted by molar-refractivity contribution is 0.173. The molecule has 2 aromatic carbocycles. The molecule has 2 aromatic rings. The lowest BCUT2D eigenvalue weighted by Crippen LogP contribution is -2.14. The first-order valence-electron chi connectivity index (χ1n) is 7.07. The number of methoxy groups -OCH3 is 2. The molecule has 0 aliphatic carbocycles. The number of benzene rings is 2. The summed E-state index contributed by atoms with van der Waals surface area (Å²) in [5.41, 5.74) is 1.20. The van der Waals surface area contributed by atoms with Gasteiger partial charge in [0.1, 0.15) is 17.2 Å². The number of rotatable bonds is 6. The van der Waals surface area contributed by atoms with Crippen LogP contribution < -0.4 is 9.47 Å². The largest absolute Gasteiger partial charge is 0.508 e. The van der Waals surface area contributed by atoms with E-state index in [1.54, 1.807) is 12.1 Å². The second kappa shape index (κ2) is 7.11. The van der Waals surface area contributed by atoms with Crippen molar-refractivity contribution in [3.05, 3.63) is 41.5 Å². The van der Waals surface area contributed by atoms with Gasteiger partial charge >= 0.3 is 0 Å². The molecule has 0 aliphatic heterocycles. The Kier molecular flexibility index (Phi) is 5.18. The van der Waals surface area contributed by atoms with Gasteiger partial charge in [0.25, 0.3) is 0 Å². The lowest BCUT2D eigenvalue weighted by Gasteiger charge is -2.16. The van der Waals surface area contributed by atoms with Crippen molar-refractivity contribution >= 4 is 0 Å². The molecule has 6 nitrogen and oxygen atoms in total. The van der Waals surface area contributed by atoms with Crippen LogP contribution in [-0.2, 0) is 12.8 Å². The minimum absolute atomic E-state index is 0.0311. The number of aromatic hydroxyl groups is 3. The van der Waals surface area contributed by atoms with Gasteiger partial charge in [0.2, 0.25) is 0 Å². The van der Waals surface area contributed by atoms with Crippen molar-refractivity contribution in [2.45, 2.75) is 18.9 Å². The molecule has 124 valence electrons. The van der Waals surface area contributed by atoms with E-state index in [0.29, 0.717) is 23.5 Å². The number of hydrogen-bond donors (Lipinski definition) is 4. The Morgan fingerprint density at radius 2 is 1.57 bits per heavy atom. The van der Waals surface area contributed by atoms with Crippen LogP contribution in [-0.4, -0.2) is 40.7 Å². The van der Waals surface area contributed by atoms with Crippen molar-refractivity contribution in [1.29, 1.82) is 0 Å². The van der Waals surface area contributed by atoms with Gasteiger partial charge in [0.05, 0.1) is 20.3 Å². The summed E-state index contributed by atoms with van der Waals surface area (Å²) in [5.74, 6) is 0.429. The van der Waals surface area contributed by atoms with E-state index >= 15 is 0 Å². The molecule has 0 amide bonds. The number of hydrogen-bond acceptors (Lipinski definition) is 6. The quantitative estimate of drug-likeness (QED) is 0.649. The minimum atomic E-state index is -0.784. The summed E-state index contributed by atoms with van der Waals surface area (Å²) in [4.78, 5) is 0. The molecule has 4 N–H and O–H groups in total. The number of aliphatic hydroxyl groups excluding tert-OH is 1. The summed E-state index contributed by atoms with van der Waals surface area (Å²) in [6.07, 6.45) is -0.327. The lowest BCUT2D eigenvalue weighted by atomic mass is 9.99. The number of aliphatic hydroxyl groups is 1. The van der Waals surface area contributed by atoms with E-state index in [1.807, 2.05) is 0 Å². The zero-order valence-corrected chi connectivity index (χ0v) is 13.0. The molecule has 6 heteroatoms. The number of phenolic OH excluding ortho intramolecular Hbond substituents is 3. The summed E-state index contributed by atoms with van der Waals surface area (Å²) in [7, 11) is 2.88. The zero-order chi connectivity index (χ0) is 17.0. The molecule has 0 radical (unpaired) electrons. The normalized spacial score (nSPS) is 12.0. The molecule has 23 heavy (non-hydrogen) atoms. The fourth-order valence-electron chi connectivity index (χ4n) is 2.43. The van der Waals surface area contributed by atoms with E-state index in [0.717, 1.165) is 5.56 Å². The number of ether oxygens (including phenoxy) is 2. The van der Waals surface area contributed by atoms with E-state index in [4.69, 9.17) is 9.47 Å². The van der Waals surface area contributed by atoms with Crippen LogP contribution in [0, 0.1) is 0 Å². The van der Waals surface area contributed by atoms with E-state index in [2.05, 4.69) is 0 Å². The SMILES string of the molecule is COc1cc(CC(O)Cc2c(O)cc(O)cc2OC)ccc1O. The molecule has 1 atom stereocenters. The third-order valence-electron chi connectivity index (χ3n) is 3.55. The highest BCUT2D eigenvalue weighted by Gasteiger charge is 2.16. The fourth-order valence-corrected chi connectivity index (χ4v) is 2.43. The van der Waals surface area contributed by atoms with Crippen LogP contribution in [0.1, 0.15) is 11.1 Å². The van der Waals surface area contributed by atoms with Crippen LogP contribution in [0.3, 0.4) is 0 Å². The minimum Gasteiger partial charge on any atom is -0.508 e. The van der Waals surface area contributed by atoms with Crippen LogP contribution in [0.2, 0.25) is 0 Å². The molecule has 1 unspecified atom stereocenters. The van der Waals surface area contributed by atoms with Gasteiger partial charge in [-0.15, -0.1) is 0 Å². The third kappa shape index (κ3) is 3.98. The average molecular weight is 320 g/mol. The maximum Gasteiger partial charge on any atom is 0.160 e. The summed E-state index contributed by atoms with van der Waals surface area (Å²) in [6.45, 7) is 0. The first-order valence-corrected chi connectivity index (χ1v) is 7.07. The standard InChI is InChI=1S/C17H20O6/c1-22-16-9-12(19)8-15(21)13(16)7-11(18)5-10-3-4-14(20)17(6-10)23-2/h3-4,6,8-9,11,18-21H,5,7H2,1-2H3. The van der Waals surface area contributed by atoms with Gasteiger partial charge in [-0.1, -0.05) is 6.07 Å². The van der Waals surface area contributed by atoms with Crippen LogP contribution in [0.15, 0.2) is 30.3 Å². The first-order chi connectivity index (χ1) is 10.9. The monoisotopic (exact) mass is 320 g/mol. The molecule has 0 heterocycles. The van der Waals surface area contributed by atoms with Crippen molar-refractivity contribution in [1.82, 2.24) is 0 Å². The van der Waals surface area contributed by atoms with Crippen LogP contribution in [0.5, 0.6) is 28.7 Å². The van der Waals surface area contributed by atoms with Gasteiger partial charge in [-0.25, -0.2) is 0 Å². The average Bonchev–Trinajstić information content (AvgIpc) is 2.51. The highest BCUT2D eigenvalue weighted by molar-refractivity contribution is 5.50. The van der Waals surface area contributed by atoms with Crippen LogP contribution in [0.4, 0.5) is 0 Å².